The number of ether oxygens (including phenoxy) is 2. The van der Waals surface area contributed by atoms with Crippen LogP contribution in [0.1, 0.15) is 26.3 Å². The van der Waals surface area contributed by atoms with Gasteiger partial charge in [0.25, 0.3) is 0 Å². The summed E-state index contributed by atoms with van der Waals surface area (Å²) in [5.41, 5.74) is 2.45. The van der Waals surface area contributed by atoms with E-state index in [1.54, 1.807) is 43.4 Å². The monoisotopic (exact) mass is 299 g/mol. The van der Waals surface area contributed by atoms with Crippen molar-refractivity contribution in [2.45, 2.75) is 6.61 Å². The SMILES string of the molecule is CNc1ccccc1C(=O)OCc1ccc(C(=O)OC)cc1. The molecule has 114 valence electrons. The molecule has 0 unspecified atom stereocenters. The highest BCUT2D eigenvalue weighted by Crippen LogP contribution is 2.16. The lowest BCUT2D eigenvalue weighted by molar-refractivity contribution is 0.0472. The Labute approximate surface area is 128 Å². The summed E-state index contributed by atoms with van der Waals surface area (Å²) in [5.74, 6) is -0.798. The third-order valence-electron chi connectivity index (χ3n) is 3.16. The van der Waals surface area contributed by atoms with Gasteiger partial charge in [0.2, 0.25) is 0 Å². The van der Waals surface area contributed by atoms with Crippen molar-refractivity contribution >= 4 is 17.6 Å². The van der Waals surface area contributed by atoms with E-state index in [1.165, 1.54) is 7.11 Å². The summed E-state index contributed by atoms with van der Waals surface area (Å²) < 4.78 is 9.91. The van der Waals surface area contributed by atoms with Crippen LogP contribution in [-0.4, -0.2) is 26.1 Å². The van der Waals surface area contributed by atoms with Crippen LogP contribution in [0.3, 0.4) is 0 Å². The van der Waals surface area contributed by atoms with Crippen LogP contribution in [0.2, 0.25) is 0 Å². The first-order chi connectivity index (χ1) is 10.7. The van der Waals surface area contributed by atoms with E-state index in [2.05, 4.69) is 10.1 Å². The molecule has 0 fully saturated rings. The molecule has 0 aliphatic heterocycles. The maximum atomic E-state index is 12.1. The number of anilines is 1. The minimum absolute atomic E-state index is 0.137. The third-order valence-corrected chi connectivity index (χ3v) is 3.16. The normalized spacial score (nSPS) is 9.91. The lowest BCUT2D eigenvalue weighted by Gasteiger charge is -2.09. The van der Waals surface area contributed by atoms with Crippen LogP contribution in [0.5, 0.6) is 0 Å². The van der Waals surface area contributed by atoms with Gasteiger partial charge in [0, 0.05) is 12.7 Å². The van der Waals surface area contributed by atoms with E-state index < -0.39 is 11.9 Å². The number of rotatable bonds is 5. The van der Waals surface area contributed by atoms with Gasteiger partial charge in [0.05, 0.1) is 18.2 Å². The molecular weight excluding hydrogens is 282 g/mol. The zero-order chi connectivity index (χ0) is 15.9. The van der Waals surface area contributed by atoms with Gasteiger partial charge < -0.3 is 14.8 Å². The second kappa shape index (κ2) is 7.26. The number of hydrogen-bond donors (Lipinski definition) is 1. The van der Waals surface area contributed by atoms with Gasteiger partial charge in [0.15, 0.2) is 0 Å². The Morgan fingerprint density at radius 3 is 2.32 bits per heavy atom. The zero-order valence-electron chi connectivity index (χ0n) is 12.5. The average molecular weight is 299 g/mol. The Balaban J connectivity index is 2.00. The minimum Gasteiger partial charge on any atom is -0.465 e. The van der Waals surface area contributed by atoms with E-state index in [9.17, 15) is 9.59 Å². The van der Waals surface area contributed by atoms with Gasteiger partial charge in [-0.1, -0.05) is 24.3 Å². The maximum absolute atomic E-state index is 12.1. The Bertz CT molecular complexity index is 665. The Kier molecular flexibility index (Phi) is 5.14. The van der Waals surface area contributed by atoms with Gasteiger partial charge >= 0.3 is 11.9 Å². The van der Waals surface area contributed by atoms with Crippen molar-refractivity contribution < 1.29 is 19.1 Å². The fourth-order valence-electron chi connectivity index (χ4n) is 1.96. The van der Waals surface area contributed by atoms with Gasteiger partial charge in [-0.15, -0.1) is 0 Å². The largest absolute Gasteiger partial charge is 0.465 e. The van der Waals surface area contributed by atoms with Gasteiger partial charge in [-0.2, -0.15) is 0 Å². The molecule has 0 saturated carbocycles. The van der Waals surface area contributed by atoms with Crippen molar-refractivity contribution in [3.05, 3.63) is 65.2 Å². The molecule has 0 atom stereocenters. The van der Waals surface area contributed by atoms with E-state index in [4.69, 9.17) is 4.74 Å². The molecule has 0 aliphatic rings. The van der Waals surface area contributed by atoms with Crippen LogP contribution >= 0.6 is 0 Å². The molecule has 5 heteroatoms. The highest BCUT2D eigenvalue weighted by atomic mass is 16.5. The topological polar surface area (TPSA) is 64.6 Å². The zero-order valence-corrected chi connectivity index (χ0v) is 12.5. The summed E-state index contributed by atoms with van der Waals surface area (Å²) in [7, 11) is 3.08. The summed E-state index contributed by atoms with van der Waals surface area (Å²) in [4.78, 5) is 23.4. The average Bonchev–Trinajstić information content (AvgIpc) is 2.59. The third kappa shape index (κ3) is 3.63. The van der Waals surface area contributed by atoms with Crippen LogP contribution in [0.4, 0.5) is 5.69 Å². The fourth-order valence-corrected chi connectivity index (χ4v) is 1.96. The van der Waals surface area contributed by atoms with Crippen molar-refractivity contribution in [1.29, 1.82) is 0 Å². The van der Waals surface area contributed by atoms with E-state index in [0.29, 0.717) is 16.8 Å². The highest BCUT2D eigenvalue weighted by molar-refractivity contribution is 5.95. The van der Waals surface area contributed by atoms with Crippen LogP contribution in [0.25, 0.3) is 0 Å². The van der Waals surface area contributed by atoms with E-state index >= 15 is 0 Å². The van der Waals surface area contributed by atoms with Crippen LogP contribution in [0.15, 0.2) is 48.5 Å². The molecule has 1 N–H and O–H groups in total. The van der Waals surface area contributed by atoms with Gasteiger partial charge in [-0.05, 0) is 29.8 Å². The Hall–Kier alpha value is -2.82. The van der Waals surface area contributed by atoms with E-state index in [1.807, 2.05) is 12.1 Å². The molecular formula is C17H17NO4. The number of carbonyl (C=O) groups is 2. The van der Waals surface area contributed by atoms with Crippen LogP contribution < -0.4 is 5.32 Å². The quantitative estimate of drug-likeness (QED) is 0.860. The van der Waals surface area contributed by atoms with Gasteiger partial charge in [0.1, 0.15) is 6.61 Å². The number of esters is 2. The molecule has 0 radical (unpaired) electrons. The van der Waals surface area contributed by atoms with Crippen molar-refractivity contribution in [2.75, 3.05) is 19.5 Å². The maximum Gasteiger partial charge on any atom is 0.340 e. The second-order valence-electron chi connectivity index (χ2n) is 4.56. The van der Waals surface area contributed by atoms with Crippen molar-refractivity contribution in [2.24, 2.45) is 0 Å². The number of hydrogen-bond acceptors (Lipinski definition) is 5. The predicted molar refractivity (Wildman–Crippen MR) is 82.9 cm³/mol. The molecule has 2 aromatic carbocycles. The molecule has 22 heavy (non-hydrogen) atoms. The van der Waals surface area contributed by atoms with Crippen molar-refractivity contribution in [3.8, 4) is 0 Å². The summed E-state index contributed by atoms with van der Waals surface area (Å²) in [6.07, 6.45) is 0. The predicted octanol–water partition coefficient (Wildman–Crippen LogP) is 2.87. The molecule has 5 nitrogen and oxygen atoms in total. The summed E-state index contributed by atoms with van der Waals surface area (Å²) in [6, 6.07) is 13.9. The first-order valence-corrected chi connectivity index (χ1v) is 6.77. The smallest absolute Gasteiger partial charge is 0.340 e. The number of nitrogens with one attached hydrogen (secondary N) is 1. The number of para-hydroxylation sites is 1. The molecule has 0 heterocycles. The van der Waals surface area contributed by atoms with Crippen molar-refractivity contribution in [1.82, 2.24) is 0 Å². The Morgan fingerprint density at radius 2 is 1.68 bits per heavy atom. The molecule has 0 amide bonds. The number of methoxy groups -OCH3 is 1. The van der Waals surface area contributed by atoms with Crippen LogP contribution in [0, 0.1) is 0 Å². The standard InChI is InChI=1S/C17H17NO4/c1-18-15-6-4-3-5-14(15)17(20)22-11-12-7-9-13(10-8-12)16(19)21-2/h3-10,18H,11H2,1-2H3. The lowest BCUT2D eigenvalue weighted by atomic mass is 10.1. The summed E-state index contributed by atoms with van der Waals surface area (Å²) in [6.45, 7) is 0.137. The highest BCUT2D eigenvalue weighted by Gasteiger charge is 2.12. The van der Waals surface area contributed by atoms with Gasteiger partial charge in [-0.25, -0.2) is 9.59 Å². The van der Waals surface area contributed by atoms with E-state index in [0.717, 1.165) is 5.56 Å². The van der Waals surface area contributed by atoms with E-state index in [-0.39, 0.29) is 6.61 Å². The molecule has 0 aromatic heterocycles. The minimum atomic E-state index is -0.401. The second-order valence-corrected chi connectivity index (χ2v) is 4.56. The first kappa shape index (κ1) is 15.6. The fraction of sp³-hybridized carbons (Fsp3) is 0.176. The molecule has 0 spiro atoms. The van der Waals surface area contributed by atoms with Crippen molar-refractivity contribution in [3.63, 3.8) is 0 Å². The first-order valence-electron chi connectivity index (χ1n) is 6.77. The van der Waals surface area contributed by atoms with Gasteiger partial charge in [-0.3, -0.25) is 0 Å². The molecule has 0 saturated heterocycles. The molecule has 2 rings (SSSR count). The summed E-state index contributed by atoms with van der Waals surface area (Å²) >= 11 is 0. The Morgan fingerprint density at radius 1 is 1.00 bits per heavy atom. The lowest BCUT2D eigenvalue weighted by Crippen LogP contribution is -2.08. The number of benzene rings is 2. The molecule has 0 bridgehead atoms. The summed E-state index contributed by atoms with van der Waals surface area (Å²) in [5, 5.41) is 2.95. The molecule has 0 aliphatic carbocycles. The van der Waals surface area contributed by atoms with Crippen LogP contribution in [-0.2, 0) is 16.1 Å². The number of carbonyl (C=O) groups excluding carboxylic acids is 2. The molecule has 2 aromatic rings.